The van der Waals surface area contributed by atoms with Gasteiger partial charge in [0.25, 0.3) is 0 Å². The fourth-order valence-electron chi connectivity index (χ4n) is 5.47. The van der Waals surface area contributed by atoms with Crippen molar-refractivity contribution in [2.24, 2.45) is 0 Å². The highest BCUT2D eigenvalue weighted by molar-refractivity contribution is 7.00. The van der Waals surface area contributed by atoms with Gasteiger partial charge in [0, 0.05) is 27.3 Å². The number of hydrogen-bond acceptors (Lipinski definition) is 7. The first kappa shape index (κ1) is 26.7. The van der Waals surface area contributed by atoms with Crippen molar-refractivity contribution in [1.29, 1.82) is 15.8 Å². The minimum atomic E-state index is -1.56. The molecule has 0 unspecified atom stereocenters. The van der Waals surface area contributed by atoms with Gasteiger partial charge in [-0.3, -0.25) is 0 Å². The number of aromatic nitrogens is 3. The summed E-state index contributed by atoms with van der Waals surface area (Å²) in [5.41, 5.74) is 1.45. The van der Waals surface area contributed by atoms with E-state index in [1.807, 2.05) is 54.6 Å². The third kappa shape index (κ3) is 3.96. The summed E-state index contributed by atoms with van der Waals surface area (Å²) < 4.78 is 54.9. The summed E-state index contributed by atoms with van der Waals surface area (Å²) in [5, 5.41) is 30.1. The second-order valence-electron chi connectivity index (χ2n) is 9.85. The van der Waals surface area contributed by atoms with Gasteiger partial charge in [-0.05, 0) is 35.4 Å². The van der Waals surface area contributed by atoms with Gasteiger partial charge < -0.3 is 0 Å². The van der Waals surface area contributed by atoms with Crippen LogP contribution in [0, 0.1) is 51.4 Å². The van der Waals surface area contributed by atoms with Crippen LogP contribution in [0.3, 0.4) is 0 Å². The molecule has 0 N–H and O–H groups in total. The number of nitriles is 3. The average molecular weight is 595 g/mol. The van der Waals surface area contributed by atoms with Crippen LogP contribution in [0.25, 0.3) is 66.2 Å². The molecule has 0 atom stereocenters. The van der Waals surface area contributed by atoms with Crippen molar-refractivity contribution in [3.8, 4) is 51.7 Å². The van der Waals surface area contributed by atoms with Crippen LogP contribution in [0.4, 0.5) is 13.2 Å². The first-order valence-electron chi connectivity index (χ1n) is 13.0. The first-order valence-corrected chi connectivity index (χ1v) is 13.8. The Hall–Kier alpha value is -6.15. The zero-order valence-electron chi connectivity index (χ0n) is 22.2. The lowest BCUT2D eigenvalue weighted by molar-refractivity contribution is 0.539. The molecule has 7 rings (SSSR count). The highest BCUT2D eigenvalue weighted by Crippen LogP contribution is 2.43. The summed E-state index contributed by atoms with van der Waals surface area (Å²) in [7, 11) is 0. The molecule has 206 valence electrons. The maximum absolute atomic E-state index is 15.7. The van der Waals surface area contributed by atoms with E-state index in [4.69, 9.17) is 4.98 Å². The molecule has 0 aliphatic carbocycles. The molecule has 0 aliphatic rings. The van der Waals surface area contributed by atoms with Gasteiger partial charge >= 0.3 is 0 Å². The smallest absolute Gasteiger partial charge is 0.164 e. The zero-order valence-corrected chi connectivity index (χ0v) is 23.0. The van der Waals surface area contributed by atoms with Crippen molar-refractivity contribution >= 4 is 44.4 Å². The van der Waals surface area contributed by atoms with Crippen molar-refractivity contribution in [3.05, 3.63) is 113 Å². The van der Waals surface area contributed by atoms with Gasteiger partial charge in [0.2, 0.25) is 0 Å². The van der Waals surface area contributed by atoms with E-state index in [-0.39, 0.29) is 11.1 Å². The molecule has 10 heteroatoms. The van der Waals surface area contributed by atoms with Crippen molar-refractivity contribution in [1.82, 2.24) is 13.7 Å². The van der Waals surface area contributed by atoms with E-state index in [1.54, 1.807) is 18.2 Å². The fraction of sp³-hybridized carbons (Fsp3) is 0. The summed E-state index contributed by atoms with van der Waals surface area (Å²) >= 11 is 0.826. The molecule has 0 saturated heterocycles. The van der Waals surface area contributed by atoms with Crippen LogP contribution in [0.5, 0.6) is 0 Å². The van der Waals surface area contributed by atoms with Gasteiger partial charge in [0.15, 0.2) is 17.5 Å². The van der Waals surface area contributed by atoms with E-state index >= 15 is 8.78 Å². The molecule has 0 aliphatic heterocycles. The number of nitrogens with zero attached hydrogens (tertiary/aromatic N) is 6. The molecule has 6 nitrogen and oxygen atoms in total. The van der Waals surface area contributed by atoms with E-state index in [2.05, 4.69) is 14.8 Å². The van der Waals surface area contributed by atoms with Crippen molar-refractivity contribution in [2.75, 3.05) is 0 Å². The normalized spacial score (nSPS) is 11.0. The third-order valence-corrected chi connectivity index (χ3v) is 8.00. The lowest BCUT2D eigenvalue weighted by atomic mass is 9.91. The van der Waals surface area contributed by atoms with Gasteiger partial charge in [-0.15, -0.1) is 0 Å². The maximum Gasteiger partial charge on any atom is 0.164 e. The van der Waals surface area contributed by atoms with E-state index in [0.29, 0.717) is 44.0 Å². The minimum Gasteiger partial charge on any atom is -0.247 e. The lowest BCUT2D eigenvalue weighted by Crippen LogP contribution is -2.04. The Morgan fingerprint density at radius 1 is 0.614 bits per heavy atom. The lowest BCUT2D eigenvalue weighted by Gasteiger charge is -2.15. The molecule has 0 radical (unpaired) electrons. The second kappa shape index (κ2) is 10.3. The van der Waals surface area contributed by atoms with E-state index < -0.39 is 34.1 Å². The van der Waals surface area contributed by atoms with Crippen LogP contribution in [0.2, 0.25) is 0 Å². The Labute approximate surface area is 251 Å². The van der Waals surface area contributed by atoms with Gasteiger partial charge in [0.05, 0.1) is 40.1 Å². The topological polar surface area (TPSA) is 110 Å². The molecule has 0 spiro atoms. The highest BCUT2D eigenvalue weighted by atomic mass is 32.1. The Morgan fingerprint density at radius 3 is 2.00 bits per heavy atom. The largest absolute Gasteiger partial charge is 0.247 e. The van der Waals surface area contributed by atoms with Crippen LogP contribution < -0.4 is 0 Å². The zero-order chi connectivity index (χ0) is 30.5. The van der Waals surface area contributed by atoms with E-state index in [9.17, 15) is 20.2 Å². The number of hydrogen-bond donors (Lipinski definition) is 0. The predicted molar refractivity (Wildman–Crippen MR) is 161 cm³/mol. The van der Waals surface area contributed by atoms with Crippen LogP contribution in [0.15, 0.2) is 78.9 Å². The Bertz CT molecular complexity index is 2430. The molecule has 0 bridgehead atoms. The average Bonchev–Trinajstić information content (AvgIpc) is 3.55. The number of halogens is 3. The van der Waals surface area contributed by atoms with Gasteiger partial charge in [-0.2, -0.15) is 24.5 Å². The first-order chi connectivity index (χ1) is 21.4. The minimum absolute atomic E-state index is 0.0903. The Kier molecular flexibility index (Phi) is 6.25. The molecule has 44 heavy (non-hydrogen) atoms. The number of benzene rings is 5. The van der Waals surface area contributed by atoms with Crippen molar-refractivity contribution in [3.63, 3.8) is 0 Å². The SMILES string of the molecule is N#Cc1cccc(-c2ccc3c(c2)nc(-c2ccccc2)c2cc(-c4c(F)c(C#N)c(F)c(C#N)c4F)c4nsnc4c23)c1. The van der Waals surface area contributed by atoms with Crippen LogP contribution in [-0.4, -0.2) is 13.7 Å². The van der Waals surface area contributed by atoms with Gasteiger partial charge in [0.1, 0.15) is 34.3 Å². The predicted octanol–water partition coefficient (Wildman–Crippen LogP) is 8.43. The van der Waals surface area contributed by atoms with Crippen molar-refractivity contribution in [2.45, 2.75) is 0 Å². The molecule has 0 amide bonds. The molecular weight excluding hydrogens is 581 g/mol. The van der Waals surface area contributed by atoms with E-state index in [0.717, 1.165) is 22.9 Å². The standard InChI is InChI=1S/C34H13F3N6S/c35-29-24(15-39)30(36)28(31(37)25(29)16-40)23-13-22-27(34-33(23)42-44-43-34)21-10-9-20(19-8-4-5-17(11-19)14-38)12-26(21)41-32(22)18-6-2-1-3-7-18/h1-13H. The fourth-order valence-corrected chi connectivity index (χ4v) is 6.04. The number of pyridine rings is 1. The molecule has 2 heterocycles. The molecule has 0 fully saturated rings. The molecule has 0 saturated carbocycles. The molecule has 7 aromatic rings. The number of fused-ring (bicyclic) bond motifs is 5. The summed E-state index contributed by atoms with van der Waals surface area (Å²) in [6, 6.07) is 28.5. The summed E-state index contributed by atoms with van der Waals surface area (Å²) in [5.74, 6) is -4.43. The van der Waals surface area contributed by atoms with Crippen LogP contribution in [0.1, 0.15) is 16.7 Å². The van der Waals surface area contributed by atoms with Crippen LogP contribution in [-0.2, 0) is 0 Å². The third-order valence-electron chi connectivity index (χ3n) is 7.48. The molecular formula is C34H13F3N6S. The maximum atomic E-state index is 15.7. The second-order valence-corrected chi connectivity index (χ2v) is 10.4. The van der Waals surface area contributed by atoms with E-state index in [1.165, 1.54) is 18.2 Å². The summed E-state index contributed by atoms with van der Waals surface area (Å²) in [4.78, 5) is 4.99. The Morgan fingerprint density at radius 2 is 1.30 bits per heavy atom. The monoisotopic (exact) mass is 594 g/mol. The van der Waals surface area contributed by atoms with Crippen LogP contribution >= 0.6 is 11.7 Å². The van der Waals surface area contributed by atoms with Gasteiger partial charge in [-0.1, -0.05) is 54.6 Å². The Balaban J connectivity index is 1.63. The summed E-state index contributed by atoms with van der Waals surface area (Å²) in [6.45, 7) is 0. The highest BCUT2D eigenvalue weighted by Gasteiger charge is 2.29. The van der Waals surface area contributed by atoms with Crippen molar-refractivity contribution < 1.29 is 13.2 Å². The molecule has 5 aromatic carbocycles. The molecule has 2 aromatic heterocycles. The number of rotatable bonds is 3. The quantitative estimate of drug-likeness (QED) is 0.190. The summed E-state index contributed by atoms with van der Waals surface area (Å²) in [6.07, 6.45) is 0. The van der Waals surface area contributed by atoms with Gasteiger partial charge in [-0.25, -0.2) is 18.2 Å².